The minimum Gasteiger partial charge on any atom is -0.456 e. The fourth-order valence-electron chi connectivity index (χ4n) is 7.30. The van der Waals surface area contributed by atoms with Gasteiger partial charge in [-0.15, -0.1) is 0 Å². The molecule has 0 spiro atoms. The van der Waals surface area contributed by atoms with E-state index in [0.717, 1.165) is 61.3 Å². The lowest BCUT2D eigenvalue weighted by molar-refractivity contribution is 0.669. The topological polar surface area (TPSA) is 42.5 Å². The number of hydrogen-bond donors (Lipinski definition) is 1. The number of hydrogen-bond acceptors (Lipinski definition) is 3. The van der Waals surface area contributed by atoms with Crippen molar-refractivity contribution in [3.8, 4) is 5.69 Å². The summed E-state index contributed by atoms with van der Waals surface area (Å²) in [6.07, 6.45) is 0. The molecule has 4 nitrogen and oxygen atoms in total. The molecule has 4 heteroatoms. The molecule has 3 heterocycles. The maximum Gasteiger partial charge on any atom is 0.137 e. The number of aromatic nitrogens is 1. The molecular weight excluding hydrogens is 562 g/mol. The van der Waals surface area contributed by atoms with Crippen molar-refractivity contribution >= 4 is 71.6 Å². The van der Waals surface area contributed by atoms with Crippen LogP contribution in [0.3, 0.4) is 0 Å². The third-order valence-electron chi connectivity index (χ3n) is 9.41. The Morgan fingerprint density at radius 2 is 1.33 bits per heavy atom. The van der Waals surface area contributed by atoms with E-state index in [1.54, 1.807) is 0 Å². The number of para-hydroxylation sites is 1. The van der Waals surface area contributed by atoms with Crippen molar-refractivity contribution in [2.24, 2.45) is 4.99 Å². The largest absolute Gasteiger partial charge is 0.456 e. The van der Waals surface area contributed by atoms with Crippen LogP contribution in [0.5, 0.6) is 0 Å². The molecular formula is C42H27N3O. The molecule has 46 heavy (non-hydrogen) atoms. The fraction of sp³-hybridized carbons (Fsp3) is 0.0238. The van der Waals surface area contributed by atoms with Gasteiger partial charge in [0.05, 0.1) is 34.2 Å². The summed E-state index contributed by atoms with van der Waals surface area (Å²) < 4.78 is 8.76. The van der Waals surface area contributed by atoms with Crippen LogP contribution in [-0.4, -0.2) is 10.3 Å². The maximum atomic E-state index is 6.40. The SMILES string of the molecule is c1ccc(C2=Nc3cc(-n4c5cc6oc7ccccc7c6cc5c5c6ccccc6ccc54)ccc3NC2c2ccccc2)cc1. The van der Waals surface area contributed by atoms with E-state index in [9.17, 15) is 0 Å². The highest BCUT2D eigenvalue weighted by Gasteiger charge is 2.26. The van der Waals surface area contributed by atoms with Crippen molar-refractivity contribution in [2.45, 2.75) is 6.04 Å². The van der Waals surface area contributed by atoms with E-state index in [1.807, 2.05) is 12.1 Å². The molecule has 1 unspecified atom stereocenters. The van der Waals surface area contributed by atoms with Gasteiger partial charge in [-0.3, -0.25) is 0 Å². The number of benzene rings is 7. The Kier molecular flexibility index (Phi) is 5.31. The third-order valence-corrected chi connectivity index (χ3v) is 9.41. The van der Waals surface area contributed by atoms with Gasteiger partial charge in [-0.1, -0.05) is 109 Å². The molecule has 10 rings (SSSR count). The molecule has 1 atom stereocenters. The number of anilines is 1. The highest BCUT2D eigenvalue weighted by atomic mass is 16.3. The van der Waals surface area contributed by atoms with Crippen LogP contribution in [0, 0.1) is 0 Å². The van der Waals surface area contributed by atoms with Crippen molar-refractivity contribution in [3.05, 3.63) is 163 Å². The lowest BCUT2D eigenvalue weighted by Gasteiger charge is -2.28. The Balaban J connectivity index is 1.24. The summed E-state index contributed by atoms with van der Waals surface area (Å²) in [5.74, 6) is 0. The quantitative estimate of drug-likeness (QED) is 0.223. The molecule has 0 saturated carbocycles. The minimum atomic E-state index is -0.0529. The Labute approximate surface area is 264 Å². The molecule has 9 aromatic rings. The zero-order valence-corrected chi connectivity index (χ0v) is 24.8. The monoisotopic (exact) mass is 589 g/mol. The molecule has 216 valence electrons. The normalized spacial score (nSPS) is 14.6. The van der Waals surface area contributed by atoms with E-state index < -0.39 is 0 Å². The Morgan fingerprint density at radius 3 is 2.20 bits per heavy atom. The minimum absolute atomic E-state index is 0.0529. The van der Waals surface area contributed by atoms with Crippen LogP contribution in [0.15, 0.2) is 161 Å². The predicted molar refractivity (Wildman–Crippen MR) is 191 cm³/mol. The summed E-state index contributed by atoms with van der Waals surface area (Å²) in [5, 5.41) is 11.0. The van der Waals surface area contributed by atoms with Crippen LogP contribution >= 0.6 is 0 Å². The van der Waals surface area contributed by atoms with Crippen molar-refractivity contribution in [2.75, 3.05) is 5.32 Å². The molecule has 1 aliphatic rings. The first kappa shape index (κ1) is 25.2. The van der Waals surface area contributed by atoms with Gasteiger partial charge in [0.1, 0.15) is 11.2 Å². The van der Waals surface area contributed by atoms with Crippen LogP contribution in [0.1, 0.15) is 17.2 Å². The molecule has 0 saturated heterocycles. The lowest BCUT2D eigenvalue weighted by Crippen LogP contribution is -2.25. The van der Waals surface area contributed by atoms with Crippen molar-refractivity contribution in [1.29, 1.82) is 0 Å². The summed E-state index contributed by atoms with van der Waals surface area (Å²) in [7, 11) is 0. The molecule has 0 radical (unpaired) electrons. The Bertz CT molecular complexity index is 2660. The first-order valence-corrected chi connectivity index (χ1v) is 15.7. The van der Waals surface area contributed by atoms with Gasteiger partial charge in [-0.2, -0.15) is 0 Å². The van der Waals surface area contributed by atoms with Crippen molar-refractivity contribution in [3.63, 3.8) is 0 Å². The van der Waals surface area contributed by atoms with Crippen LogP contribution in [0.2, 0.25) is 0 Å². The standard InChI is InChI=1S/C42H27N3O/c1-3-12-27(13-4-1)41-42(28-14-5-2-6-15-28)44-35-23-29(20-21-34(35)43-41)45-36-22-19-26-11-7-8-16-30(26)40(36)33-24-32-31-17-9-10-18-38(31)46-39(32)25-37(33)45/h1-25,41,43H. The number of aliphatic imine (C=N–C) groups is 1. The van der Waals surface area contributed by atoms with Gasteiger partial charge in [0.25, 0.3) is 0 Å². The number of furan rings is 1. The van der Waals surface area contributed by atoms with E-state index in [1.165, 1.54) is 27.1 Å². The van der Waals surface area contributed by atoms with Crippen molar-refractivity contribution in [1.82, 2.24) is 4.57 Å². The Hall–Kier alpha value is -6.13. The second-order valence-electron chi connectivity index (χ2n) is 12.0. The predicted octanol–water partition coefficient (Wildman–Crippen LogP) is 11.1. The Morgan fingerprint density at radius 1 is 0.565 bits per heavy atom. The van der Waals surface area contributed by atoms with E-state index in [-0.39, 0.29) is 6.04 Å². The smallest absolute Gasteiger partial charge is 0.137 e. The summed E-state index contributed by atoms with van der Waals surface area (Å²) in [6.45, 7) is 0. The summed E-state index contributed by atoms with van der Waals surface area (Å²) in [5.41, 5.74) is 10.3. The zero-order valence-electron chi connectivity index (χ0n) is 24.8. The number of nitrogens with zero attached hydrogens (tertiary/aromatic N) is 2. The summed E-state index contributed by atoms with van der Waals surface area (Å²) >= 11 is 0. The van der Waals surface area contributed by atoms with Crippen LogP contribution in [0.4, 0.5) is 11.4 Å². The van der Waals surface area contributed by atoms with Gasteiger partial charge in [-0.05, 0) is 58.3 Å². The second kappa shape index (κ2) is 9.68. The number of rotatable bonds is 3. The molecule has 7 aromatic carbocycles. The molecule has 0 fully saturated rings. The molecule has 2 aromatic heterocycles. The van der Waals surface area contributed by atoms with Crippen LogP contribution in [-0.2, 0) is 0 Å². The number of fused-ring (bicyclic) bond motifs is 9. The zero-order chi connectivity index (χ0) is 30.2. The summed E-state index contributed by atoms with van der Waals surface area (Å²) in [6, 6.07) is 53.5. The molecule has 0 aliphatic carbocycles. The summed E-state index contributed by atoms with van der Waals surface area (Å²) in [4.78, 5) is 5.36. The van der Waals surface area contributed by atoms with E-state index >= 15 is 0 Å². The molecule has 0 bridgehead atoms. The van der Waals surface area contributed by atoms with Gasteiger partial charge in [0, 0.05) is 33.3 Å². The van der Waals surface area contributed by atoms with Crippen LogP contribution < -0.4 is 5.32 Å². The average molecular weight is 590 g/mol. The molecule has 0 amide bonds. The maximum absolute atomic E-state index is 6.40. The van der Waals surface area contributed by atoms with Gasteiger partial charge >= 0.3 is 0 Å². The third kappa shape index (κ3) is 3.71. The first-order chi connectivity index (χ1) is 22.8. The average Bonchev–Trinajstić information content (AvgIpc) is 3.65. The van der Waals surface area contributed by atoms with Crippen molar-refractivity contribution < 1.29 is 4.42 Å². The second-order valence-corrected chi connectivity index (χ2v) is 12.0. The van der Waals surface area contributed by atoms with Gasteiger partial charge < -0.3 is 14.3 Å². The van der Waals surface area contributed by atoms with Gasteiger partial charge in [0.2, 0.25) is 0 Å². The highest BCUT2D eigenvalue weighted by molar-refractivity contribution is 6.24. The van der Waals surface area contributed by atoms with E-state index in [4.69, 9.17) is 9.41 Å². The van der Waals surface area contributed by atoms with E-state index in [2.05, 4.69) is 149 Å². The van der Waals surface area contributed by atoms with Gasteiger partial charge in [0.15, 0.2) is 0 Å². The molecule has 1 N–H and O–H groups in total. The fourth-order valence-corrected chi connectivity index (χ4v) is 7.30. The lowest BCUT2D eigenvalue weighted by atomic mass is 9.94. The molecule has 1 aliphatic heterocycles. The van der Waals surface area contributed by atoms with E-state index in [0.29, 0.717) is 0 Å². The highest BCUT2D eigenvalue weighted by Crippen LogP contribution is 2.43. The first-order valence-electron chi connectivity index (χ1n) is 15.7. The number of nitrogens with one attached hydrogen (secondary N) is 1. The van der Waals surface area contributed by atoms with Crippen LogP contribution in [0.25, 0.3) is 60.2 Å². The van der Waals surface area contributed by atoms with Gasteiger partial charge in [-0.25, -0.2) is 4.99 Å².